The van der Waals surface area contributed by atoms with E-state index in [-0.39, 0.29) is 12.5 Å². The van der Waals surface area contributed by atoms with Crippen LogP contribution in [-0.2, 0) is 4.74 Å². The summed E-state index contributed by atoms with van der Waals surface area (Å²) in [4.78, 5) is 42.3. The number of nitrogens with zero attached hydrogens (tertiary/aromatic N) is 4. The van der Waals surface area contributed by atoms with Crippen molar-refractivity contribution in [3.63, 3.8) is 0 Å². The Bertz CT molecular complexity index is 1080. The summed E-state index contributed by atoms with van der Waals surface area (Å²) in [5.41, 5.74) is 1.29. The zero-order valence-corrected chi connectivity index (χ0v) is 19.4. The van der Waals surface area contributed by atoms with Crippen molar-refractivity contribution in [2.45, 2.75) is 6.23 Å². The lowest BCUT2D eigenvalue weighted by Crippen LogP contribution is -2.49. The van der Waals surface area contributed by atoms with Crippen molar-refractivity contribution in [1.82, 2.24) is 9.80 Å². The molecule has 1 atom stereocenters. The number of thiol groups is 1. The Balaban J connectivity index is 1.40. The lowest BCUT2D eigenvalue weighted by molar-refractivity contribution is 0.0669. The zero-order valence-electron chi connectivity index (χ0n) is 17.8. The fourth-order valence-electron chi connectivity index (χ4n) is 3.83. The molecule has 1 unspecified atom stereocenters. The molecule has 0 aliphatic carbocycles. The van der Waals surface area contributed by atoms with Crippen LogP contribution in [0, 0.1) is 5.82 Å². The highest BCUT2D eigenvalue weighted by molar-refractivity contribution is 7.96. The van der Waals surface area contributed by atoms with E-state index in [1.54, 1.807) is 41.3 Å². The second kappa shape index (κ2) is 9.48. The Labute approximate surface area is 200 Å². The fraction of sp³-hybridized carbons (Fsp3) is 0.318. The fourth-order valence-corrected chi connectivity index (χ4v) is 4.08. The number of ether oxygens (including phenoxy) is 1. The van der Waals surface area contributed by atoms with Gasteiger partial charge in [-0.2, -0.15) is 0 Å². The molecule has 2 aromatic carbocycles. The predicted molar refractivity (Wildman–Crippen MR) is 126 cm³/mol. The van der Waals surface area contributed by atoms with Crippen LogP contribution >= 0.6 is 24.2 Å². The van der Waals surface area contributed by atoms with Crippen LogP contribution in [0.25, 0.3) is 0 Å². The largest absolute Gasteiger partial charge is 0.423 e. The van der Waals surface area contributed by atoms with E-state index >= 15 is 0 Å². The van der Waals surface area contributed by atoms with E-state index < -0.39 is 23.4 Å². The minimum absolute atomic E-state index is 0.0753. The molecule has 33 heavy (non-hydrogen) atoms. The van der Waals surface area contributed by atoms with E-state index in [0.29, 0.717) is 48.1 Å². The first kappa shape index (κ1) is 23.2. The zero-order chi connectivity index (χ0) is 23.7. The maximum Gasteiger partial charge on any atom is 0.416 e. The Hall–Kier alpha value is -2.98. The van der Waals surface area contributed by atoms with Crippen molar-refractivity contribution >= 4 is 52.8 Å². The van der Waals surface area contributed by atoms with Crippen molar-refractivity contribution in [2.24, 2.45) is 0 Å². The van der Waals surface area contributed by atoms with Crippen LogP contribution in [0.2, 0.25) is 5.02 Å². The maximum atomic E-state index is 15.0. The first-order valence-electron chi connectivity index (χ1n) is 10.3. The van der Waals surface area contributed by atoms with E-state index in [1.807, 2.05) is 4.90 Å². The highest BCUT2D eigenvalue weighted by atomic mass is 35.5. The molecule has 0 bridgehead atoms. The van der Waals surface area contributed by atoms with E-state index in [1.165, 1.54) is 22.9 Å². The van der Waals surface area contributed by atoms with Crippen molar-refractivity contribution in [2.75, 3.05) is 49.6 Å². The molecule has 0 aromatic heterocycles. The molecule has 4 rings (SSSR count). The smallest absolute Gasteiger partial charge is 0.416 e. The Morgan fingerprint density at radius 2 is 1.79 bits per heavy atom. The van der Waals surface area contributed by atoms with Gasteiger partial charge in [0, 0.05) is 43.8 Å². The highest BCUT2D eigenvalue weighted by Gasteiger charge is 2.36. The number of benzene rings is 2. The molecule has 8 nitrogen and oxygen atoms in total. The van der Waals surface area contributed by atoms with Crippen LogP contribution in [0.1, 0.15) is 10.4 Å². The first-order chi connectivity index (χ1) is 15.7. The second-order valence-corrected chi connectivity index (χ2v) is 8.58. The van der Waals surface area contributed by atoms with Gasteiger partial charge in [0.2, 0.25) is 0 Å². The van der Waals surface area contributed by atoms with Gasteiger partial charge in [-0.25, -0.2) is 9.18 Å². The van der Waals surface area contributed by atoms with E-state index in [2.05, 4.69) is 12.6 Å². The van der Waals surface area contributed by atoms with Gasteiger partial charge < -0.3 is 14.5 Å². The van der Waals surface area contributed by atoms with Crippen molar-refractivity contribution in [3.8, 4) is 0 Å². The van der Waals surface area contributed by atoms with E-state index in [9.17, 15) is 18.8 Å². The molecule has 2 aliphatic heterocycles. The number of halogens is 2. The molecule has 2 aliphatic rings. The lowest BCUT2D eigenvalue weighted by atomic mass is 10.1. The van der Waals surface area contributed by atoms with Gasteiger partial charge >= 0.3 is 6.09 Å². The maximum absolute atomic E-state index is 15.0. The quantitative estimate of drug-likeness (QED) is 0.659. The van der Waals surface area contributed by atoms with Crippen LogP contribution in [0.15, 0.2) is 42.5 Å². The Morgan fingerprint density at radius 3 is 2.39 bits per heavy atom. The number of anilines is 2. The number of carbonyl (C=O) groups excluding carboxylic acids is 3. The van der Waals surface area contributed by atoms with Crippen LogP contribution < -0.4 is 9.80 Å². The minimum Gasteiger partial charge on any atom is -0.423 e. The van der Waals surface area contributed by atoms with Gasteiger partial charge in [0.25, 0.3) is 11.1 Å². The van der Waals surface area contributed by atoms with Gasteiger partial charge in [-0.3, -0.25) is 19.4 Å². The molecular formula is C22H22ClFN4O4S. The Morgan fingerprint density at radius 1 is 1.12 bits per heavy atom. The van der Waals surface area contributed by atoms with Crippen LogP contribution in [0.5, 0.6) is 0 Å². The van der Waals surface area contributed by atoms with Crippen LogP contribution in [-0.4, -0.2) is 73.0 Å². The van der Waals surface area contributed by atoms with Gasteiger partial charge in [-0.1, -0.05) is 24.2 Å². The van der Waals surface area contributed by atoms with Gasteiger partial charge in [0.05, 0.1) is 17.9 Å². The average molecular weight is 493 g/mol. The summed E-state index contributed by atoms with van der Waals surface area (Å²) in [5, 5.41) is 0.0279. The van der Waals surface area contributed by atoms with Gasteiger partial charge in [-0.05, 0) is 42.5 Å². The highest BCUT2D eigenvalue weighted by Crippen LogP contribution is 2.29. The topological polar surface area (TPSA) is 73.4 Å². The number of hydrogen-bond acceptors (Lipinski definition) is 5. The van der Waals surface area contributed by atoms with Crippen molar-refractivity contribution in [3.05, 3.63) is 58.9 Å². The summed E-state index contributed by atoms with van der Waals surface area (Å²) in [6.45, 7) is 1.92. The van der Waals surface area contributed by atoms with Crippen molar-refractivity contribution < 1.29 is 23.5 Å². The second-order valence-electron chi connectivity index (χ2n) is 7.76. The molecule has 11 heteroatoms. The summed E-state index contributed by atoms with van der Waals surface area (Å²) in [6.07, 6.45) is -1.46. The molecule has 2 aromatic rings. The summed E-state index contributed by atoms with van der Waals surface area (Å²) in [7, 11) is 1.47. The predicted octanol–water partition coefficient (Wildman–Crippen LogP) is 3.71. The SMILES string of the molecule is CN(C(=O)S)C1CN(c2ccc(N3CCN(C(=O)c4ccc(Cl)cc4)CC3)c(F)c2)C(=O)O1. The van der Waals surface area contributed by atoms with Gasteiger partial charge in [-0.15, -0.1) is 0 Å². The number of rotatable bonds is 4. The molecule has 3 amide bonds. The van der Waals surface area contributed by atoms with Gasteiger partial charge in [0.15, 0.2) is 6.23 Å². The summed E-state index contributed by atoms with van der Waals surface area (Å²) >= 11 is 9.61. The van der Waals surface area contributed by atoms with Crippen molar-refractivity contribution in [1.29, 1.82) is 0 Å². The minimum atomic E-state index is -0.795. The van der Waals surface area contributed by atoms with Gasteiger partial charge in [0.1, 0.15) is 5.82 Å². The standard InChI is InChI=1S/C22H22ClFN4O4S/c1-25(22(31)33)19-13-28(21(30)32-19)16-6-7-18(17(24)12-16)26-8-10-27(11-9-26)20(29)14-2-4-15(23)5-3-14/h2-7,12,19H,8-11,13H2,1H3,(H,31,33). The molecular weight excluding hydrogens is 471 g/mol. The summed E-state index contributed by atoms with van der Waals surface area (Å²) < 4.78 is 20.1. The number of likely N-dealkylation sites (N-methyl/N-ethyl adjacent to an activating group) is 1. The number of cyclic esters (lactones) is 1. The summed E-state index contributed by atoms with van der Waals surface area (Å²) in [5.74, 6) is -0.575. The van der Waals surface area contributed by atoms with Crippen LogP contribution in [0.4, 0.5) is 25.4 Å². The summed E-state index contributed by atoms with van der Waals surface area (Å²) in [6, 6.07) is 11.2. The number of amides is 3. The normalized spacial score (nSPS) is 18.4. The molecule has 2 saturated heterocycles. The van der Waals surface area contributed by atoms with Crippen LogP contribution in [0.3, 0.4) is 0 Å². The molecule has 0 spiro atoms. The Kier molecular flexibility index (Phi) is 6.66. The number of carbonyl (C=O) groups is 3. The average Bonchev–Trinajstić information content (AvgIpc) is 3.20. The van der Waals surface area contributed by atoms with E-state index in [0.717, 1.165) is 0 Å². The monoisotopic (exact) mass is 492 g/mol. The third-order valence-corrected chi connectivity index (χ3v) is 6.34. The number of hydrogen-bond donors (Lipinski definition) is 1. The third kappa shape index (κ3) is 4.86. The molecule has 2 heterocycles. The molecule has 174 valence electrons. The molecule has 0 N–H and O–H groups in total. The molecule has 0 saturated carbocycles. The van der Waals surface area contributed by atoms with E-state index in [4.69, 9.17) is 16.3 Å². The third-order valence-electron chi connectivity index (χ3n) is 5.77. The molecule has 2 fully saturated rings. The first-order valence-corrected chi connectivity index (χ1v) is 11.1. The lowest BCUT2D eigenvalue weighted by Gasteiger charge is -2.36. The molecule has 0 radical (unpaired) electrons. The number of piperazine rings is 1.